The standard InChI is InChI=1S/C18H30O3S.3C8H17.Sn/c1-2-3-4-5-6-7-8-9-10-11-14-17-15-12-13-16-18(17)22(19,20)21;3*1-4-5-6-7-8(2)3;/h12-13,15-16H,2-11,14H2,1H3,(H,19,20,21);3*8H,1,4-7H2,2-3H3;/q;;;;+1/p-1. The molecule has 0 fully saturated rings. The van der Waals surface area contributed by atoms with Crippen molar-refractivity contribution in [2.45, 2.75) is 214 Å². The van der Waals surface area contributed by atoms with Gasteiger partial charge < -0.3 is 4.55 Å². The molecule has 0 saturated heterocycles. The Morgan fingerprint density at radius 3 is 1.28 bits per heavy atom. The van der Waals surface area contributed by atoms with Crippen molar-refractivity contribution >= 4 is 29.9 Å². The van der Waals surface area contributed by atoms with Crippen LogP contribution in [0.1, 0.15) is 195 Å². The molecule has 1 aromatic rings. The maximum Gasteiger partial charge on any atom is 0.124 e. The predicted octanol–water partition coefficient (Wildman–Crippen LogP) is 14.2. The van der Waals surface area contributed by atoms with Gasteiger partial charge in [-0.2, -0.15) is 0 Å². The van der Waals surface area contributed by atoms with Crippen LogP contribution in [0.4, 0.5) is 0 Å². The molecule has 0 bridgehead atoms. The van der Waals surface area contributed by atoms with E-state index in [2.05, 4.69) is 48.5 Å². The van der Waals surface area contributed by atoms with Gasteiger partial charge in [0.15, 0.2) is 0 Å². The third-order valence-electron chi connectivity index (χ3n) is 9.48. The van der Waals surface area contributed by atoms with E-state index in [0.717, 1.165) is 30.6 Å². The van der Waals surface area contributed by atoms with Gasteiger partial charge in [0, 0.05) is 0 Å². The summed E-state index contributed by atoms with van der Waals surface area (Å²) < 4.78 is 38.6. The Kier molecular flexibility index (Phi) is 31.8. The average molecular weight is 784 g/mol. The minimum absolute atomic E-state index is 0.0501. The second kappa shape index (κ2) is 31.9. The third-order valence-corrected chi connectivity index (χ3v) is 19.5. The van der Waals surface area contributed by atoms with Crippen LogP contribution >= 0.6 is 0 Å². The summed E-state index contributed by atoms with van der Waals surface area (Å²) in [6.45, 7) is 16.5. The fourth-order valence-corrected chi connectivity index (χ4v) is 15.7. The van der Waals surface area contributed by atoms with Crippen LogP contribution in [0, 0.1) is 17.8 Å². The van der Waals surface area contributed by atoms with E-state index in [9.17, 15) is 13.0 Å². The summed E-state index contributed by atoms with van der Waals surface area (Å²) in [5.41, 5.74) is 0.664. The maximum absolute atomic E-state index is 11.2. The summed E-state index contributed by atoms with van der Waals surface area (Å²) in [5, 5.41) is 0. The first-order valence-electron chi connectivity index (χ1n) is 20.3. The largest absolute Gasteiger partial charge is 0.744 e. The zero-order valence-electron chi connectivity index (χ0n) is 32.6. The summed E-state index contributed by atoms with van der Waals surface area (Å²) in [6.07, 6.45) is 31.2. The van der Waals surface area contributed by atoms with Gasteiger partial charge in [-0.1, -0.05) is 82.9 Å². The van der Waals surface area contributed by atoms with Crippen LogP contribution in [0.3, 0.4) is 0 Å². The molecule has 5 heteroatoms. The number of benzene rings is 1. The summed E-state index contributed by atoms with van der Waals surface area (Å²) >= 11 is -1.04. The van der Waals surface area contributed by atoms with Gasteiger partial charge in [0.05, 0.1) is 4.90 Å². The predicted molar refractivity (Wildman–Crippen MR) is 210 cm³/mol. The number of hydrogen-bond donors (Lipinski definition) is 0. The summed E-state index contributed by atoms with van der Waals surface area (Å²) in [6, 6.07) is 6.56. The van der Waals surface area contributed by atoms with E-state index < -0.39 is 29.9 Å². The van der Waals surface area contributed by atoms with E-state index in [1.165, 1.54) is 115 Å². The zero-order chi connectivity index (χ0) is 35.2. The van der Waals surface area contributed by atoms with Crippen molar-refractivity contribution in [2.24, 2.45) is 17.8 Å². The van der Waals surface area contributed by atoms with Gasteiger partial charge in [-0.05, 0) is 24.5 Å². The molecule has 0 atom stereocenters. The van der Waals surface area contributed by atoms with Gasteiger partial charge in [-0.25, -0.2) is 8.42 Å². The van der Waals surface area contributed by atoms with Crippen LogP contribution in [0.5, 0.6) is 0 Å². The fraction of sp³-hybridized carbons (Fsp3) is 0.857. The molecule has 0 N–H and O–H groups in total. The first kappa shape index (κ1) is 46.9. The number of hydrogen-bond acceptors (Lipinski definition) is 3. The molecule has 0 saturated carbocycles. The van der Waals surface area contributed by atoms with Crippen LogP contribution in [0.25, 0.3) is 0 Å². The van der Waals surface area contributed by atoms with E-state index >= 15 is 0 Å². The number of rotatable bonds is 30. The molecule has 0 heterocycles. The Hall–Kier alpha value is -0.0713. The summed E-state index contributed by atoms with van der Waals surface area (Å²) in [4.78, 5) is -0.0501. The van der Waals surface area contributed by atoms with Crippen LogP contribution in [-0.2, 0) is 16.5 Å². The van der Waals surface area contributed by atoms with E-state index in [0.29, 0.717) is 12.0 Å². The first-order chi connectivity index (χ1) is 22.5. The van der Waals surface area contributed by atoms with Crippen molar-refractivity contribution in [1.29, 1.82) is 0 Å². The number of unbranched alkanes of at least 4 members (excludes halogenated alkanes) is 15. The van der Waals surface area contributed by atoms with Gasteiger partial charge in [-0.15, -0.1) is 0 Å². The van der Waals surface area contributed by atoms with Crippen molar-refractivity contribution in [1.82, 2.24) is 0 Å². The fourth-order valence-electron chi connectivity index (χ4n) is 6.45. The molecule has 0 unspecified atom stereocenters. The van der Waals surface area contributed by atoms with E-state index in [4.69, 9.17) is 0 Å². The monoisotopic (exact) mass is 784 g/mol. The Bertz CT molecular complexity index is 869. The second-order valence-corrected chi connectivity index (χ2v) is 25.6. The molecule has 3 nitrogen and oxygen atoms in total. The molecule has 0 aromatic heterocycles. The van der Waals surface area contributed by atoms with Gasteiger partial charge in [0.2, 0.25) is 0 Å². The van der Waals surface area contributed by atoms with Gasteiger partial charge >= 0.3 is 169 Å². The van der Waals surface area contributed by atoms with Crippen molar-refractivity contribution < 1.29 is 13.0 Å². The first-order valence-corrected chi connectivity index (χ1v) is 27.8. The molecule has 47 heavy (non-hydrogen) atoms. The quantitative estimate of drug-likeness (QED) is 0.0444. The molecule has 0 spiro atoms. The van der Waals surface area contributed by atoms with Gasteiger partial charge in [0.1, 0.15) is 10.1 Å². The molecular formula is C42H80O3SSn. The molecular weight excluding hydrogens is 703 g/mol. The smallest absolute Gasteiger partial charge is 0.124 e. The molecule has 0 aliphatic heterocycles. The van der Waals surface area contributed by atoms with Crippen LogP contribution in [0.15, 0.2) is 29.2 Å². The van der Waals surface area contributed by atoms with Crippen molar-refractivity contribution in [3.63, 3.8) is 0 Å². The van der Waals surface area contributed by atoms with E-state index in [-0.39, 0.29) is 4.90 Å². The minimum Gasteiger partial charge on any atom is -0.744 e. The molecule has 0 radical (unpaired) electrons. The van der Waals surface area contributed by atoms with E-state index in [1.54, 1.807) is 50.8 Å². The van der Waals surface area contributed by atoms with Gasteiger partial charge in [0.25, 0.3) is 0 Å². The van der Waals surface area contributed by atoms with Crippen molar-refractivity contribution in [3.05, 3.63) is 29.8 Å². The van der Waals surface area contributed by atoms with Crippen LogP contribution < -0.4 is 0 Å². The van der Waals surface area contributed by atoms with Gasteiger partial charge in [-0.3, -0.25) is 0 Å². The topological polar surface area (TPSA) is 57.2 Å². The third kappa shape index (κ3) is 31.6. The Morgan fingerprint density at radius 1 is 0.532 bits per heavy atom. The number of aryl methyl sites for hydroxylation is 1. The maximum atomic E-state index is 11.2. The summed E-state index contributed by atoms with van der Waals surface area (Å²) in [5.74, 6) is 2.71. The zero-order valence-corrected chi connectivity index (χ0v) is 36.2. The Labute approximate surface area is 303 Å². The second-order valence-electron chi connectivity index (χ2n) is 15.7. The van der Waals surface area contributed by atoms with Crippen LogP contribution in [-0.4, -0.2) is 32.7 Å². The molecule has 0 aliphatic carbocycles. The average Bonchev–Trinajstić information content (AvgIpc) is 3.00. The Balaban J connectivity index is 0.000000907. The van der Waals surface area contributed by atoms with Crippen molar-refractivity contribution in [3.8, 4) is 0 Å². The molecule has 1 rings (SSSR count). The Morgan fingerprint density at radius 2 is 0.894 bits per heavy atom. The molecule has 0 amide bonds. The van der Waals surface area contributed by atoms with E-state index in [1.807, 2.05) is 0 Å². The summed E-state index contributed by atoms with van der Waals surface area (Å²) in [7, 11) is -4.35. The van der Waals surface area contributed by atoms with Crippen LogP contribution in [0.2, 0.25) is 13.3 Å². The SMILES string of the molecule is CC(C)CCCC[CH2][Sn+]([CH2]CCCCC(C)C)[CH2]CCCCC(C)C.CCCCCCCCCCCCc1ccccc1S(=O)(=O)[O-]. The normalized spacial score (nSPS) is 11.8. The molecule has 0 aliphatic rings. The molecule has 276 valence electrons. The molecule has 1 aromatic carbocycles. The minimum atomic E-state index is -4.35. The van der Waals surface area contributed by atoms with Crippen molar-refractivity contribution in [2.75, 3.05) is 0 Å².